The van der Waals surface area contributed by atoms with Gasteiger partial charge in [-0.3, -0.25) is 4.90 Å². The Kier molecular flexibility index (Phi) is 9.60. The number of halogens is 6. The van der Waals surface area contributed by atoms with Crippen LogP contribution in [-0.2, 0) is 18.8 Å². The molecule has 0 saturated carbocycles. The summed E-state index contributed by atoms with van der Waals surface area (Å²) < 4.78 is 80.6. The number of para-hydroxylation sites is 1. The van der Waals surface area contributed by atoms with Gasteiger partial charge >= 0.3 is 18.4 Å². The Bertz CT molecular complexity index is 1270. The predicted molar refractivity (Wildman–Crippen MR) is 147 cm³/mol. The number of nitrogens with one attached hydrogen (secondary N) is 1. The van der Waals surface area contributed by atoms with E-state index in [0.29, 0.717) is 37.2 Å². The van der Waals surface area contributed by atoms with E-state index in [1.807, 2.05) is 49.5 Å². The number of urea groups is 1. The topological polar surface area (TPSA) is 38.8 Å². The molecule has 2 amide bonds. The van der Waals surface area contributed by atoms with Gasteiger partial charge < -0.3 is 15.1 Å². The number of likely N-dealkylation sites (N-methyl/N-ethyl adjacent to an activating group) is 1. The summed E-state index contributed by atoms with van der Waals surface area (Å²) in [4.78, 5) is 19.5. The number of rotatable bonds is 8. The first kappa shape index (κ1) is 30.4. The Balaban J connectivity index is 1.62. The van der Waals surface area contributed by atoms with E-state index in [1.165, 1.54) is 4.90 Å². The molecule has 0 unspecified atom stereocenters. The maximum atomic E-state index is 13.6. The van der Waals surface area contributed by atoms with Crippen LogP contribution < -0.4 is 10.2 Å². The van der Waals surface area contributed by atoms with Crippen LogP contribution in [0.3, 0.4) is 0 Å². The van der Waals surface area contributed by atoms with Crippen molar-refractivity contribution in [2.45, 2.75) is 25.2 Å². The van der Waals surface area contributed by atoms with Crippen molar-refractivity contribution in [1.29, 1.82) is 0 Å². The lowest BCUT2D eigenvalue weighted by atomic mass is 10.0. The number of amides is 2. The summed E-state index contributed by atoms with van der Waals surface area (Å²) in [6.45, 7) is 4.49. The zero-order chi connectivity index (χ0) is 29.6. The molecular formula is C30H32F6N4O. The van der Waals surface area contributed by atoms with Gasteiger partial charge in [0, 0.05) is 44.1 Å². The summed E-state index contributed by atoms with van der Waals surface area (Å²) in [5.74, 6) is 0. The van der Waals surface area contributed by atoms with E-state index in [0.717, 1.165) is 37.3 Å². The Labute approximate surface area is 235 Å². The molecule has 41 heavy (non-hydrogen) atoms. The van der Waals surface area contributed by atoms with Gasteiger partial charge in [-0.25, -0.2) is 4.79 Å². The molecule has 0 bridgehead atoms. The van der Waals surface area contributed by atoms with E-state index in [1.54, 1.807) is 12.1 Å². The molecule has 0 aliphatic carbocycles. The Morgan fingerprint density at radius 3 is 2.02 bits per heavy atom. The highest BCUT2D eigenvalue weighted by atomic mass is 19.4. The number of benzene rings is 3. The molecule has 3 aromatic rings. The number of piperazine rings is 1. The van der Waals surface area contributed by atoms with Gasteiger partial charge in [-0.1, -0.05) is 48.5 Å². The van der Waals surface area contributed by atoms with Crippen molar-refractivity contribution >= 4 is 17.4 Å². The number of nitrogens with zero attached hydrogens (tertiary/aromatic N) is 3. The molecule has 3 aromatic carbocycles. The molecular weight excluding hydrogens is 546 g/mol. The Morgan fingerprint density at radius 2 is 1.41 bits per heavy atom. The molecule has 220 valence electrons. The Hall–Kier alpha value is -3.57. The van der Waals surface area contributed by atoms with Gasteiger partial charge in [-0.15, -0.1) is 0 Å². The highest BCUT2D eigenvalue weighted by Gasteiger charge is 2.37. The van der Waals surface area contributed by atoms with Gasteiger partial charge in [0.15, 0.2) is 0 Å². The maximum absolute atomic E-state index is 13.6. The highest BCUT2D eigenvalue weighted by Crippen LogP contribution is 2.38. The molecule has 1 N–H and O–H groups in total. The second kappa shape index (κ2) is 12.9. The molecule has 0 atom stereocenters. The third-order valence-corrected chi connectivity index (χ3v) is 7.06. The van der Waals surface area contributed by atoms with Gasteiger partial charge in [-0.2, -0.15) is 26.3 Å². The second-order valence-corrected chi connectivity index (χ2v) is 10.2. The highest BCUT2D eigenvalue weighted by molar-refractivity contribution is 6.02. The molecule has 11 heteroatoms. The minimum Gasteiger partial charge on any atom is -0.308 e. The molecule has 0 aromatic heterocycles. The van der Waals surface area contributed by atoms with Crippen LogP contribution in [0, 0.1) is 0 Å². The average molecular weight is 579 g/mol. The average Bonchev–Trinajstić information content (AvgIpc) is 2.92. The SMILES string of the molecule is CN1CCN(CCCN(C(=O)Nc2cc(C(F)(F)F)cc(C(F)(F)F)c2)c2ccccc2Cc2ccccc2)CC1. The third-order valence-electron chi connectivity index (χ3n) is 7.06. The van der Waals surface area contributed by atoms with Crippen LogP contribution in [0.15, 0.2) is 72.8 Å². The first-order valence-corrected chi connectivity index (χ1v) is 13.3. The second-order valence-electron chi connectivity index (χ2n) is 10.2. The molecule has 1 aliphatic rings. The minimum absolute atomic E-state index is 0.0403. The van der Waals surface area contributed by atoms with Crippen molar-refractivity contribution in [1.82, 2.24) is 9.80 Å². The first-order valence-electron chi connectivity index (χ1n) is 13.3. The van der Waals surface area contributed by atoms with Gasteiger partial charge in [-0.05, 0) is 61.8 Å². The largest absolute Gasteiger partial charge is 0.416 e. The van der Waals surface area contributed by atoms with E-state index in [-0.39, 0.29) is 12.6 Å². The van der Waals surface area contributed by atoms with E-state index >= 15 is 0 Å². The molecule has 1 fully saturated rings. The molecule has 1 saturated heterocycles. The smallest absolute Gasteiger partial charge is 0.308 e. The minimum atomic E-state index is -5.02. The van der Waals surface area contributed by atoms with Gasteiger partial charge in [0.05, 0.1) is 11.1 Å². The zero-order valence-electron chi connectivity index (χ0n) is 22.6. The molecule has 1 heterocycles. The fraction of sp³-hybridized carbons (Fsp3) is 0.367. The van der Waals surface area contributed by atoms with Gasteiger partial charge in [0.25, 0.3) is 0 Å². The summed E-state index contributed by atoms with van der Waals surface area (Å²) in [5, 5.41) is 2.32. The maximum Gasteiger partial charge on any atom is 0.416 e. The van der Waals surface area contributed by atoms with Crippen molar-refractivity contribution in [2.75, 3.05) is 56.5 Å². The summed E-state index contributed by atoms with van der Waals surface area (Å²) in [7, 11) is 2.05. The molecule has 5 nitrogen and oxygen atoms in total. The molecule has 0 spiro atoms. The standard InChI is InChI=1S/C30H32F6N4O/c1-38-14-16-39(17-15-38)12-7-13-40(27-11-6-5-10-23(27)18-22-8-3-2-4-9-22)28(41)37-26-20-24(29(31,32)33)19-25(21-26)30(34,35)36/h2-6,8-11,19-21H,7,12-18H2,1H3,(H,37,41). The van der Waals surface area contributed by atoms with Crippen LogP contribution in [-0.4, -0.2) is 62.1 Å². The Morgan fingerprint density at radius 1 is 0.829 bits per heavy atom. The van der Waals surface area contributed by atoms with Crippen LogP contribution in [0.25, 0.3) is 0 Å². The third kappa shape index (κ3) is 8.46. The number of hydrogen-bond acceptors (Lipinski definition) is 3. The zero-order valence-corrected chi connectivity index (χ0v) is 22.6. The molecule has 0 radical (unpaired) electrons. The van der Waals surface area contributed by atoms with Crippen LogP contribution in [0.1, 0.15) is 28.7 Å². The van der Waals surface area contributed by atoms with Crippen molar-refractivity contribution in [3.63, 3.8) is 0 Å². The lowest BCUT2D eigenvalue weighted by Crippen LogP contribution is -2.45. The summed E-state index contributed by atoms with van der Waals surface area (Å²) in [6.07, 6.45) is -9.00. The van der Waals surface area contributed by atoms with E-state index < -0.39 is 35.2 Å². The predicted octanol–water partition coefficient (Wildman–Crippen LogP) is 6.99. The lowest BCUT2D eigenvalue weighted by molar-refractivity contribution is -0.143. The summed E-state index contributed by atoms with van der Waals surface area (Å²) >= 11 is 0. The van der Waals surface area contributed by atoms with E-state index in [2.05, 4.69) is 15.1 Å². The number of alkyl halides is 6. The van der Waals surface area contributed by atoms with Crippen molar-refractivity contribution in [3.05, 3.63) is 95.1 Å². The van der Waals surface area contributed by atoms with Crippen molar-refractivity contribution in [3.8, 4) is 0 Å². The molecule has 4 rings (SSSR count). The number of carbonyl (C=O) groups excluding carboxylic acids is 1. The van der Waals surface area contributed by atoms with Crippen LogP contribution >= 0.6 is 0 Å². The fourth-order valence-electron chi connectivity index (χ4n) is 4.81. The van der Waals surface area contributed by atoms with E-state index in [9.17, 15) is 31.1 Å². The van der Waals surface area contributed by atoms with Crippen molar-refractivity contribution < 1.29 is 31.1 Å². The normalized spacial score (nSPS) is 15.1. The first-order chi connectivity index (χ1) is 19.4. The van der Waals surface area contributed by atoms with Crippen LogP contribution in [0.2, 0.25) is 0 Å². The fourth-order valence-corrected chi connectivity index (χ4v) is 4.81. The summed E-state index contributed by atoms with van der Waals surface area (Å²) in [5.41, 5.74) is -1.24. The summed E-state index contributed by atoms with van der Waals surface area (Å²) in [6, 6.07) is 17.0. The van der Waals surface area contributed by atoms with Gasteiger partial charge in [0.1, 0.15) is 0 Å². The monoisotopic (exact) mass is 578 g/mol. The van der Waals surface area contributed by atoms with Gasteiger partial charge in [0.2, 0.25) is 0 Å². The van der Waals surface area contributed by atoms with Crippen LogP contribution in [0.4, 0.5) is 42.5 Å². The van der Waals surface area contributed by atoms with E-state index in [4.69, 9.17) is 0 Å². The number of hydrogen-bond donors (Lipinski definition) is 1. The molecule has 1 aliphatic heterocycles. The number of anilines is 2. The lowest BCUT2D eigenvalue weighted by Gasteiger charge is -2.33. The number of carbonyl (C=O) groups is 1. The van der Waals surface area contributed by atoms with Crippen molar-refractivity contribution in [2.24, 2.45) is 0 Å². The van der Waals surface area contributed by atoms with Crippen LogP contribution in [0.5, 0.6) is 0 Å². The quantitative estimate of drug-likeness (QED) is 0.293.